The lowest BCUT2D eigenvalue weighted by Crippen LogP contribution is -2.54. The number of halogens is 1. The van der Waals surface area contributed by atoms with Crippen LogP contribution in [0.2, 0.25) is 0 Å². The van der Waals surface area contributed by atoms with Crippen molar-refractivity contribution in [1.29, 1.82) is 0 Å². The Morgan fingerprint density at radius 3 is 2.43 bits per heavy atom. The number of nitrogens with one attached hydrogen (secondary N) is 2. The van der Waals surface area contributed by atoms with Crippen LogP contribution in [0.5, 0.6) is 0 Å². The van der Waals surface area contributed by atoms with Gasteiger partial charge in [0.1, 0.15) is 23.3 Å². The van der Waals surface area contributed by atoms with Gasteiger partial charge in [0.15, 0.2) is 0 Å². The number of carbonyl (C=O) groups excluding carboxylic acids is 2. The molecular formula is C20H25FN4O3. The minimum absolute atomic E-state index is 0.150. The SMILES string of the molecule is CC[C@](C)(O)C(=O)N[C@@H](Cc1ccc(F)cc1)C(=O)NCc1ccc(N)nc1. The van der Waals surface area contributed by atoms with E-state index in [4.69, 9.17) is 5.73 Å². The third-order valence-electron chi connectivity index (χ3n) is 4.47. The lowest BCUT2D eigenvalue weighted by Gasteiger charge is -2.25. The van der Waals surface area contributed by atoms with Gasteiger partial charge in [0.05, 0.1) is 0 Å². The van der Waals surface area contributed by atoms with Crippen LogP contribution in [0.4, 0.5) is 10.2 Å². The Labute approximate surface area is 163 Å². The van der Waals surface area contributed by atoms with E-state index in [1.807, 2.05) is 0 Å². The predicted molar refractivity (Wildman–Crippen MR) is 103 cm³/mol. The van der Waals surface area contributed by atoms with Crippen LogP contribution >= 0.6 is 0 Å². The molecule has 0 aliphatic heterocycles. The van der Waals surface area contributed by atoms with Crippen molar-refractivity contribution in [3.63, 3.8) is 0 Å². The summed E-state index contributed by atoms with van der Waals surface area (Å²) < 4.78 is 13.1. The van der Waals surface area contributed by atoms with E-state index >= 15 is 0 Å². The first kappa shape index (κ1) is 21.3. The summed E-state index contributed by atoms with van der Waals surface area (Å²) in [6, 6.07) is 8.09. The molecule has 0 unspecified atom stereocenters. The van der Waals surface area contributed by atoms with Crippen molar-refractivity contribution in [2.24, 2.45) is 0 Å². The topological polar surface area (TPSA) is 117 Å². The number of nitrogens with zero attached hydrogens (tertiary/aromatic N) is 1. The molecule has 1 heterocycles. The average molecular weight is 388 g/mol. The molecule has 0 spiro atoms. The molecule has 0 aliphatic carbocycles. The van der Waals surface area contributed by atoms with Gasteiger partial charge in [-0.2, -0.15) is 0 Å². The Bertz CT molecular complexity index is 807. The van der Waals surface area contributed by atoms with Crippen LogP contribution in [0.15, 0.2) is 42.6 Å². The van der Waals surface area contributed by atoms with Gasteiger partial charge in [0.2, 0.25) is 5.91 Å². The molecule has 5 N–H and O–H groups in total. The quantitative estimate of drug-likeness (QED) is 0.544. The summed E-state index contributed by atoms with van der Waals surface area (Å²) in [4.78, 5) is 29.0. The molecule has 0 fully saturated rings. The van der Waals surface area contributed by atoms with Crippen LogP contribution in [-0.2, 0) is 22.6 Å². The van der Waals surface area contributed by atoms with Gasteiger partial charge in [0.25, 0.3) is 5.91 Å². The van der Waals surface area contributed by atoms with Crippen molar-refractivity contribution in [2.45, 2.75) is 44.9 Å². The standard InChI is InChI=1S/C20H25FN4O3/c1-3-20(2,28)19(27)25-16(10-13-4-7-15(21)8-5-13)18(26)24-12-14-6-9-17(22)23-11-14/h4-9,11,16,28H,3,10,12H2,1-2H3,(H2,22,23)(H,24,26)(H,25,27)/t16-,20-/m0/s1. The maximum atomic E-state index is 13.1. The summed E-state index contributed by atoms with van der Waals surface area (Å²) in [7, 11) is 0. The molecule has 0 radical (unpaired) electrons. The van der Waals surface area contributed by atoms with Gasteiger partial charge in [-0.25, -0.2) is 9.37 Å². The van der Waals surface area contributed by atoms with Crippen LogP contribution < -0.4 is 16.4 Å². The van der Waals surface area contributed by atoms with Gasteiger partial charge in [0, 0.05) is 19.2 Å². The van der Waals surface area contributed by atoms with E-state index in [2.05, 4.69) is 15.6 Å². The Kier molecular flexibility index (Phi) is 7.06. The maximum Gasteiger partial charge on any atom is 0.252 e. The molecule has 7 nitrogen and oxygen atoms in total. The van der Waals surface area contributed by atoms with Gasteiger partial charge in [-0.15, -0.1) is 0 Å². The first-order chi connectivity index (χ1) is 13.2. The van der Waals surface area contributed by atoms with Crippen LogP contribution in [0, 0.1) is 5.82 Å². The highest BCUT2D eigenvalue weighted by atomic mass is 19.1. The summed E-state index contributed by atoms with van der Waals surface area (Å²) in [5, 5.41) is 15.5. The first-order valence-electron chi connectivity index (χ1n) is 8.97. The maximum absolute atomic E-state index is 13.1. The van der Waals surface area contributed by atoms with Crippen LogP contribution in [0.3, 0.4) is 0 Å². The van der Waals surface area contributed by atoms with E-state index in [1.54, 1.807) is 37.4 Å². The smallest absolute Gasteiger partial charge is 0.252 e. The molecule has 0 saturated carbocycles. The summed E-state index contributed by atoms with van der Waals surface area (Å²) in [6.45, 7) is 3.25. The van der Waals surface area contributed by atoms with E-state index in [9.17, 15) is 19.1 Å². The van der Waals surface area contributed by atoms with Crippen molar-refractivity contribution >= 4 is 17.6 Å². The highest BCUT2D eigenvalue weighted by molar-refractivity contribution is 5.91. The zero-order valence-corrected chi connectivity index (χ0v) is 15.9. The number of hydrogen-bond donors (Lipinski definition) is 4. The zero-order chi connectivity index (χ0) is 20.7. The fourth-order valence-electron chi connectivity index (χ4n) is 2.39. The molecule has 0 aliphatic rings. The predicted octanol–water partition coefficient (Wildman–Crippen LogP) is 1.31. The Hall–Kier alpha value is -3.00. The molecule has 1 aromatic heterocycles. The van der Waals surface area contributed by atoms with E-state index in [0.717, 1.165) is 5.56 Å². The summed E-state index contributed by atoms with van der Waals surface area (Å²) in [5.41, 5.74) is 5.36. The fourth-order valence-corrected chi connectivity index (χ4v) is 2.39. The highest BCUT2D eigenvalue weighted by Gasteiger charge is 2.31. The molecule has 2 aromatic rings. The molecule has 1 aromatic carbocycles. The number of carbonyl (C=O) groups is 2. The second-order valence-electron chi connectivity index (χ2n) is 6.79. The van der Waals surface area contributed by atoms with Crippen molar-refractivity contribution in [3.05, 3.63) is 59.5 Å². The van der Waals surface area contributed by atoms with Gasteiger partial charge >= 0.3 is 0 Å². The van der Waals surface area contributed by atoms with Crippen molar-refractivity contribution in [1.82, 2.24) is 15.6 Å². The molecule has 0 saturated heterocycles. The van der Waals surface area contributed by atoms with Crippen molar-refractivity contribution < 1.29 is 19.1 Å². The zero-order valence-electron chi connectivity index (χ0n) is 15.9. The molecule has 2 atom stereocenters. The lowest BCUT2D eigenvalue weighted by atomic mass is 10.00. The van der Waals surface area contributed by atoms with E-state index < -0.39 is 29.3 Å². The third kappa shape index (κ3) is 6.02. The molecule has 28 heavy (non-hydrogen) atoms. The van der Waals surface area contributed by atoms with Gasteiger partial charge in [-0.3, -0.25) is 9.59 Å². The first-order valence-corrected chi connectivity index (χ1v) is 8.97. The number of hydrogen-bond acceptors (Lipinski definition) is 5. The van der Waals surface area contributed by atoms with Crippen LogP contribution in [0.25, 0.3) is 0 Å². The molecule has 8 heteroatoms. The number of aromatic nitrogens is 1. The molecule has 2 rings (SSSR count). The van der Waals surface area contributed by atoms with Crippen molar-refractivity contribution in [2.75, 3.05) is 5.73 Å². The monoisotopic (exact) mass is 388 g/mol. The molecule has 2 amide bonds. The van der Waals surface area contributed by atoms with Gasteiger partial charge < -0.3 is 21.5 Å². The average Bonchev–Trinajstić information content (AvgIpc) is 2.68. The number of nitrogen functional groups attached to an aromatic ring is 1. The number of benzene rings is 1. The second kappa shape index (κ2) is 9.27. The number of anilines is 1. The normalized spacial score (nSPS) is 14.0. The molecular weight excluding hydrogens is 363 g/mol. The van der Waals surface area contributed by atoms with Crippen LogP contribution in [0.1, 0.15) is 31.4 Å². The highest BCUT2D eigenvalue weighted by Crippen LogP contribution is 2.11. The minimum Gasteiger partial charge on any atom is -0.384 e. The summed E-state index contributed by atoms with van der Waals surface area (Å²) >= 11 is 0. The Balaban J connectivity index is 2.11. The number of rotatable bonds is 8. The number of pyridine rings is 1. The molecule has 150 valence electrons. The van der Waals surface area contributed by atoms with E-state index in [-0.39, 0.29) is 19.4 Å². The van der Waals surface area contributed by atoms with E-state index in [0.29, 0.717) is 11.4 Å². The Morgan fingerprint density at radius 1 is 1.21 bits per heavy atom. The summed E-state index contributed by atoms with van der Waals surface area (Å²) in [5.74, 6) is -1.09. The number of amides is 2. The second-order valence-corrected chi connectivity index (χ2v) is 6.79. The summed E-state index contributed by atoms with van der Waals surface area (Å²) in [6.07, 6.45) is 1.89. The third-order valence-corrected chi connectivity index (χ3v) is 4.47. The lowest BCUT2D eigenvalue weighted by molar-refractivity contribution is -0.141. The number of aliphatic hydroxyl groups is 1. The van der Waals surface area contributed by atoms with Gasteiger partial charge in [-0.1, -0.05) is 25.1 Å². The molecule has 0 bridgehead atoms. The fraction of sp³-hybridized carbons (Fsp3) is 0.350. The largest absolute Gasteiger partial charge is 0.384 e. The van der Waals surface area contributed by atoms with Crippen molar-refractivity contribution in [3.8, 4) is 0 Å². The van der Waals surface area contributed by atoms with Gasteiger partial charge in [-0.05, 0) is 42.7 Å². The minimum atomic E-state index is -1.60. The van der Waals surface area contributed by atoms with Crippen LogP contribution in [-0.4, -0.2) is 33.5 Å². The number of nitrogens with two attached hydrogens (primary N) is 1. The Morgan fingerprint density at radius 2 is 1.86 bits per heavy atom. The van der Waals surface area contributed by atoms with E-state index in [1.165, 1.54) is 19.1 Å².